The smallest absolute Gasteiger partial charge is 0.289 e. The van der Waals surface area contributed by atoms with E-state index in [0.717, 1.165) is 18.0 Å². The number of carbonyl (C=O) groups excluding carboxylic acids is 1. The largest absolute Gasteiger partial charge is 0.451 e. The first-order valence-electron chi connectivity index (χ1n) is 5.48. The molecule has 2 heterocycles. The molecule has 0 saturated carbocycles. The van der Waals surface area contributed by atoms with Crippen molar-refractivity contribution in [2.24, 2.45) is 0 Å². The van der Waals surface area contributed by atoms with Gasteiger partial charge in [-0.1, -0.05) is 6.08 Å². The van der Waals surface area contributed by atoms with Crippen molar-refractivity contribution in [3.63, 3.8) is 0 Å². The summed E-state index contributed by atoms with van der Waals surface area (Å²) in [4.78, 5) is 21.8. The second-order valence-electron chi connectivity index (χ2n) is 3.77. The van der Waals surface area contributed by atoms with Crippen LogP contribution >= 0.6 is 0 Å². The molecule has 0 N–H and O–H groups in total. The Labute approximate surface area is 112 Å². The van der Waals surface area contributed by atoms with Crippen molar-refractivity contribution in [1.82, 2.24) is 15.0 Å². The molecule has 20 heavy (non-hydrogen) atoms. The first-order valence-corrected chi connectivity index (χ1v) is 5.48. The third-order valence-corrected chi connectivity index (χ3v) is 2.32. The summed E-state index contributed by atoms with van der Waals surface area (Å²) in [7, 11) is 0. The maximum Gasteiger partial charge on any atom is 0.451 e. The molecule has 0 saturated heterocycles. The predicted molar refractivity (Wildman–Crippen MR) is 64.6 cm³/mol. The molecule has 0 radical (unpaired) electrons. The highest BCUT2D eigenvalue weighted by Crippen LogP contribution is 2.25. The van der Waals surface area contributed by atoms with E-state index in [1.165, 1.54) is 12.2 Å². The number of allylic oxidation sites excluding steroid dienone is 1. The summed E-state index contributed by atoms with van der Waals surface area (Å²) in [5, 5.41) is 0. The number of aromatic nitrogens is 3. The summed E-state index contributed by atoms with van der Waals surface area (Å²) in [6, 6.07) is 3.38. The normalized spacial score (nSPS) is 11.8. The molecule has 0 aliphatic carbocycles. The Bertz CT molecular complexity index is 622. The summed E-state index contributed by atoms with van der Waals surface area (Å²) in [5.41, 5.74) is 0.740. The van der Waals surface area contributed by atoms with Crippen LogP contribution in [0.4, 0.5) is 13.2 Å². The highest BCUT2D eigenvalue weighted by atomic mass is 19.4. The monoisotopic (exact) mass is 279 g/mol. The fraction of sp³-hybridized carbons (Fsp3) is 0.0769. The standard InChI is InChI=1S/C13H8F3N3O/c14-13(15,16)12-18-7-10(8-19-12)11(20)2-1-9-3-5-17-6-4-9/h1-8H/b2-1+. The van der Waals surface area contributed by atoms with E-state index < -0.39 is 17.8 Å². The van der Waals surface area contributed by atoms with Crippen molar-refractivity contribution in [1.29, 1.82) is 0 Å². The lowest BCUT2D eigenvalue weighted by molar-refractivity contribution is -0.145. The molecular formula is C13H8F3N3O. The molecule has 7 heteroatoms. The van der Waals surface area contributed by atoms with Crippen LogP contribution in [0.2, 0.25) is 0 Å². The third kappa shape index (κ3) is 3.47. The van der Waals surface area contributed by atoms with Crippen molar-refractivity contribution >= 4 is 11.9 Å². The van der Waals surface area contributed by atoms with E-state index in [4.69, 9.17) is 0 Å². The van der Waals surface area contributed by atoms with Crippen LogP contribution in [-0.4, -0.2) is 20.7 Å². The number of hydrogen-bond acceptors (Lipinski definition) is 4. The van der Waals surface area contributed by atoms with E-state index in [1.807, 2.05) is 0 Å². The van der Waals surface area contributed by atoms with Crippen LogP contribution in [0.5, 0.6) is 0 Å². The van der Waals surface area contributed by atoms with Crippen LogP contribution < -0.4 is 0 Å². The molecule has 2 aromatic rings. The van der Waals surface area contributed by atoms with E-state index in [-0.39, 0.29) is 5.56 Å². The minimum Gasteiger partial charge on any atom is -0.289 e. The first kappa shape index (κ1) is 13.9. The van der Waals surface area contributed by atoms with Gasteiger partial charge in [-0.05, 0) is 23.8 Å². The van der Waals surface area contributed by atoms with Gasteiger partial charge in [0.25, 0.3) is 0 Å². The van der Waals surface area contributed by atoms with Crippen molar-refractivity contribution in [2.75, 3.05) is 0 Å². The quantitative estimate of drug-likeness (QED) is 0.640. The van der Waals surface area contributed by atoms with Gasteiger partial charge in [0.2, 0.25) is 5.82 Å². The lowest BCUT2D eigenvalue weighted by atomic mass is 10.1. The molecule has 0 aliphatic rings. The van der Waals surface area contributed by atoms with Crippen LogP contribution in [0.3, 0.4) is 0 Å². The van der Waals surface area contributed by atoms with Gasteiger partial charge in [-0.2, -0.15) is 13.2 Å². The minimum absolute atomic E-state index is 0.0108. The second kappa shape index (κ2) is 5.60. The Hall–Kier alpha value is -2.57. The molecule has 0 spiro atoms. The zero-order valence-electron chi connectivity index (χ0n) is 10.0. The Balaban J connectivity index is 2.12. The summed E-state index contributed by atoms with van der Waals surface area (Å²) in [6.45, 7) is 0. The molecule has 2 aromatic heterocycles. The van der Waals surface area contributed by atoms with Crippen LogP contribution in [0, 0.1) is 0 Å². The van der Waals surface area contributed by atoms with Crippen molar-refractivity contribution < 1.29 is 18.0 Å². The molecular weight excluding hydrogens is 271 g/mol. The van der Waals surface area contributed by atoms with Gasteiger partial charge < -0.3 is 0 Å². The van der Waals surface area contributed by atoms with Crippen LogP contribution in [0.15, 0.2) is 43.0 Å². The highest BCUT2D eigenvalue weighted by molar-refractivity contribution is 6.06. The van der Waals surface area contributed by atoms with Crippen LogP contribution in [0.1, 0.15) is 21.7 Å². The van der Waals surface area contributed by atoms with Gasteiger partial charge in [-0.15, -0.1) is 0 Å². The third-order valence-electron chi connectivity index (χ3n) is 2.32. The fourth-order valence-corrected chi connectivity index (χ4v) is 1.34. The second-order valence-corrected chi connectivity index (χ2v) is 3.77. The number of rotatable bonds is 3. The van der Waals surface area contributed by atoms with E-state index >= 15 is 0 Å². The van der Waals surface area contributed by atoms with E-state index in [1.54, 1.807) is 24.5 Å². The number of halogens is 3. The topological polar surface area (TPSA) is 55.7 Å². The van der Waals surface area contributed by atoms with Crippen LogP contribution in [-0.2, 0) is 6.18 Å². The highest BCUT2D eigenvalue weighted by Gasteiger charge is 2.34. The summed E-state index contributed by atoms with van der Waals surface area (Å²) < 4.78 is 36.8. The number of pyridine rings is 1. The number of nitrogens with zero attached hydrogens (tertiary/aromatic N) is 3. The fourth-order valence-electron chi connectivity index (χ4n) is 1.34. The average Bonchev–Trinajstić information content (AvgIpc) is 2.45. The molecule has 0 fully saturated rings. The van der Waals surface area contributed by atoms with Crippen molar-refractivity contribution in [2.45, 2.75) is 6.18 Å². The molecule has 4 nitrogen and oxygen atoms in total. The predicted octanol–water partition coefficient (Wildman–Crippen LogP) is 2.79. The van der Waals surface area contributed by atoms with Crippen molar-refractivity contribution in [3.05, 3.63) is 59.9 Å². The molecule has 0 aromatic carbocycles. The molecule has 0 bridgehead atoms. The number of carbonyl (C=O) groups is 1. The number of ketones is 1. The lowest BCUT2D eigenvalue weighted by Gasteiger charge is -2.03. The maximum absolute atomic E-state index is 12.3. The van der Waals surface area contributed by atoms with E-state index in [2.05, 4.69) is 15.0 Å². The maximum atomic E-state index is 12.3. The molecule has 0 amide bonds. The summed E-state index contributed by atoms with van der Waals surface area (Å²) in [6.07, 6.45) is 2.98. The first-order chi connectivity index (χ1) is 9.47. The summed E-state index contributed by atoms with van der Waals surface area (Å²) in [5.74, 6) is -1.75. The molecule has 2 rings (SSSR count). The van der Waals surface area contributed by atoms with Gasteiger partial charge in [-0.25, -0.2) is 9.97 Å². The van der Waals surface area contributed by atoms with Gasteiger partial charge >= 0.3 is 6.18 Å². The van der Waals surface area contributed by atoms with Crippen molar-refractivity contribution in [3.8, 4) is 0 Å². The lowest BCUT2D eigenvalue weighted by Crippen LogP contribution is -2.11. The minimum atomic E-state index is -4.62. The Kier molecular flexibility index (Phi) is 3.88. The molecule has 102 valence electrons. The summed E-state index contributed by atoms with van der Waals surface area (Å²) >= 11 is 0. The van der Waals surface area contributed by atoms with Gasteiger partial charge in [0.05, 0.1) is 5.56 Å². The van der Waals surface area contributed by atoms with E-state index in [0.29, 0.717) is 0 Å². The van der Waals surface area contributed by atoms with Gasteiger partial charge in [0, 0.05) is 24.8 Å². The average molecular weight is 279 g/mol. The molecule has 0 aliphatic heterocycles. The Morgan fingerprint density at radius 2 is 1.70 bits per heavy atom. The van der Waals surface area contributed by atoms with Gasteiger partial charge in [0.1, 0.15) is 0 Å². The van der Waals surface area contributed by atoms with Gasteiger partial charge in [-0.3, -0.25) is 9.78 Å². The Morgan fingerprint density at radius 1 is 1.10 bits per heavy atom. The Morgan fingerprint density at radius 3 is 2.25 bits per heavy atom. The molecule has 0 unspecified atom stereocenters. The molecule has 0 atom stereocenters. The van der Waals surface area contributed by atoms with E-state index in [9.17, 15) is 18.0 Å². The van der Waals surface area contributed by atoms with Gasteiger partial charge in [0.15, 0.2) is 5.78 Å². The number of hydrogen-bond donors (Lipinski definition) is 0. The zero-order chi connectivity index (χ0) is 14.6. The SMILES string of the molecule is O=C(/C=C/c1ccncc1)c1cnc(C(F)(F)F)nc1. The van der Waals surface area contributed by atoms with Crippen LogP contribution in [0.25, 0.3) is 6.08 Å². The zero-order valence-corrected chi connectivity index (χ0v) is 10.0. The number of alkyl halides is 3.